The highest BCUT2D eigenvalue weighted by molar-refractivity contribution is 5.69. The molecule has 11 heteroatoms. The average Bonchev–Trinajstić information content (AvgIpc) is 3.14. The number of nitrogens with zero attached hydrogens (tertiary/aromatic N) is 2. The van der Waals surface area contributed by atoms with Crippen LogP contribution in [0.1, 0.15) is 26.5 Å². The molecule has 0 unspecified atom stereocenters. The molecule has 0 bridgehead atoms. The Morgan fingerprint density at radius 3 is 2.32 bits per heavy atom. The van der Waals surface area contributed by atoms with Crippen LogP contribution in [0.3, 0.4) is 0 Å². The van der Waals surface area contributed by atoms with E-state index in [0.717, 1.165) is 18.0 Å². The number of methoxy groups -OCH3 is 2. The average molecular weight is 483 g/mol. The summed E-state index contributed by atoms with van der Waals surface area (Å²) >= 11 is 0. The van der Waals surface area contributed by atoms with E-state index in [-0.39, 0.29) is 17.9 Å². The van der Waals surface area contributed by atoms with Crippen LogP contribution in [-0.4, -0.2) is 56.1 Å². The van der Waals surface area contributed by atoms with Crippen LogP contribution in [0.15, 0.2) is 36.5 Å². The maximum atomic E-state index is 12.8. The molecule has 0 radical (unpaired) electrons. The number of ether oxygens (including phenoxy) is 4. The van der Waals surface area contributed by atoms with Crippen LogP contribution in [0.5, 0.6) is 17.2 Å². The number of amides is 1. The highest BCUT2D eigenvalue weighted by Gasteiger charge is 2.36. The standard InChI is InChI=1S/C23H28F3N3O5/c1-22(2,3)34-21(30)28-18-12-29(13-19(18)32-5)14-8-16(31-4)10-17(9-14)33-15-6-7-20(27-11-15)23(24,25)26/h6-11,18-19H,12-13H2,1-5H3,(H,28,30)/t18-,19+/m1/s1. The summed E-state index contributed by atoms with van der Waals surface area (Å²) in [6.45, 7) is 6.26. The van der Waals surface area contributed by atoms with Gasteiger partial charge < -0.3 is 29.2 Å². The highest BCUT2D eigenvalue weighted by Crippen LogP contribution is 2.34. The minimum atomic E-state index is -4.53. The zero-order valence-electron chi connectivity index (χ0n) is 19.6. The molecule has 1 aromatic heterocycles. The van der Waals surface area contributed by atoms with E-state index in [9.17, 15) is 18.0 Å². The van der Waals surface area contributed by atoms with Gasteiger partial charge >= 0.3 is 12.3 Å². The lowest BCUT2D eigenvalue weighted by molar-refractivity contribution is -0.141. The molecule has 8 nitrogen and oxygen atoms in total. The summed E-state index contributed by atoms with van der Waals surface area (Å²) in [4.78, 5) is 17.6. The molecule has 3 rings (SSSR count). The third-order valence-corrected chi connectivity index (χ3v) is 5.00. The lowest BCUT2D eigenvalue weighted by atomic mass is 10.2. The SMILES string of the molecule is COc1cc(Oc2ccc(C(F)(F)F)nc2)cc(N2C[C@H](OC)[C@H](NC(=O)OC(C)(C)C)C2)c1. The van der Waals surface area contributed by atoms with Crippen molar-refractivity contribution < 1.29 is 36.9 Å². The smallest absolute Gasteiger partial charge is 0.433 e. The molecule has 2 heterocycles. The Bertz CT molecular complexity index is 993. The van der Waals surface area contributed by atoms with Gasteiger partial charge in [-0.1, -0.05) is 0 Å². The Morgan fingerprint density at radius 2 is 1.76 bits per heavy atom. The molecule has 2 aromatic rings. The number of hydrogen-bond acceptors (Lipinski definition) is 7. The summed E-state index contributed by atoms with van der Waals surface area (Å²) in [6.07, 6.45) is -4.34. The molecular formula is C23H28F3N3O5. The lowest BCUT2D eigenvalue weighted by Gasteiger charge is -2.23. The van der Waals surface area contributed by atoms with E-state index < -0.39 is 23.6 Å². The number of pyridine rings is 1. The Morgan fingerprint density at radius 1 is 1.06 bits per heavy atom. The number of rotatable bonds is 6. The number of hydrogen-bond donors (Lipinski definition) is 1. The maximum Gasteiger partial charge on any atom is 0.433 e. The summed E-state index contributed by atoms with van der Waals surface area (Å²) in [7, 11) is 3.06. The van der Waals surface area contributed by atoms with Crippen molar-refractivity contribution >= 4 is 11.8 Å². The van der Waals surface area contributed by atoms with Crippen LogP contribution in [0.2, 0.25) is 0 Å². The van der Waals surface area contributed by atoms with E-state index in [4.69, 9.17) is 18.9 Å². The Balaban J connectivity index is 1.76. The lowest BCUT2D eigenvalue weighted by Crippen LogP contribution is -2.45. The van der Waals surface area contributed by atoms with Crippen molar-refractivity contribution in [3.63, 3.8) is 0 Å². The number of carbonyl (C=O) groups is 1. The molecule has 34 heavy (non-hydrogen) atoms. The number of benzene rings is 1. The van der Waals surface area contributed by atoms with Gasteiger partial charge in [0, 0.05) is 44.1 Å². The quantitative estimate of drug-likeness (QED) is 0.642. The molecule has 1 amide bonds. The minimum Gasteiger partial charge on any atom is -0.497 e. The minimum absolute atomic E-state index is 0.146. The molecular weight excluding hydrogens is 455 g/mol. The summed E-state index contributed by atoms with van der Waals surface area (Å²) < 4.78 is 60.3. The Hall–Kier alpha value is -3.21. The monoisotopic (exact) mass is 483 g/mol. The largest absolute Gasteiger partial charge is 0.497 e. The normalized spacial score (nSPS) is 18.5. The van der Waals surface area contributed by atoms with Crippen LogP contribution >= 0.6 is 0 Å². The Kier molecular flexibility index (Phi) is 7.44. The maximum absolute atomic E-state index is 12.8. The first-order valence-corrected chi connectivity index (χ1v) is 10.6. The molecule has 0 spiro atoms. The predicted octanol–water partition coefficient (Wildman–Crippen LogP) is 4.63. The number of carbonyl (C=O) groups excluding carboxylic acids is 1. The van der Waals surface area contributed by atoms with Gasteiger partial charge in [-0.3, -0.25) is 0 Å². The van der Waals surface area contributed by atoms with Crippen molar-refractivity contribution in [3.05, 3.63) is 42.2 Å². The van der Waals surface area contributed by atoms with Gasteiger partial charge in [0.15, 0.2) is 0 Å². The molecule has 1 aliphatic rings. The highest BCUT2D eigenvalue weighted by atomic mass is 19.4. The first-order valence-electron chi connectivity index (χ1n) is 10.6. The number of alkyl halides is 3. The van der Waals surface area contributed by atoms with Crippen molar-refractivity contribution in [2.24, 2.45) is 0 Å². The third-order valence-electron chi connectivity index (χ3n) is 5.00. The van der Waals surface area contributed by atoms with Crippen molar-refractivity contribution in [3.8, 4) is 17.2 Å². The van der Waals surface area contributed by atoms with E-state index >= 15 is 0 Å². The summed E-state index contributed by atoms with van der Waals surface area (Å²) in [5.41, 5.74) is -0.904. The van der Waals surface area contributed by atoms with Gasteiger partial charge in [-0.2, -0.15) is 13.2 Å². The van der Waals surface area contributed by atoms with Gasteiger partial charge in [-0.05, 0) is 32.9 Å². The number of anilines is 1. The summed E-state index contributed by atoms with van der Waals surface area (Å²) in [5, 5.41) is 2.85. The fourth-order valence-corrected chi connectivity index (χ4v) is 3.48. The molecule has 0 aliphatic carbocycles. The molecule has 1 N–H and O–H groups in total. The third kappa shape index (κ3) is 6.66. The second-order valence-corrected chi connectivity index (χ2v) is 8.78. The van der Waals surface area contributed by atoms with Crippen LogP contribution in [0.25, 0.3) is 0 Å². The van der Waals surface area contributed by atoms with E-state index in [1.165, 1.54) is 13.2 Å². The second-order valence-electron chi connectivity index (χ2n) is 8.78. The zero-order chi connectivity index (χ0) is 25.1. The van der Waals surface area contributed by atoms with Gasteiger partial charge in [0.1, 0.15) is 28.5 Å². The second kappa shape index (κ2) is 9.96. The first kappa shape index (κ1) is 25.4. The van der Waals surface area contributed by atoms with E-state index in [2.05, 4.69) is 10.3 Å². The molecule has 1 saturated heterocycles. The first-order chi connectivity index (χ1) is 15.9. The topological polar surface area (TPSA) is 82.2 Å². The fourth-order valence-electron chi connectivity index (χ4n) is 3.48. The summed E-state index contributed by atoms with van der Waals surface area (Å²) in [5.74, 6) is 0.992. The molecule has 1 aromatic carbocycles. The number of halogens is 3. The van der Waals surface area contributed by atoms with E-state index in [1.807, 2.05) is 4.90 Å². The van der Waals surface area contributed by atoms with Crippen molar-refractivity contribution in [1.82, 2.24) is 10.3 Å². The number of nitrogens with one attached hydrogen (secondary N) is 1. The van der Waals surface area contributed by atoms with Crippen molar-refractivity contribution in [2.45, 2.75) is 44.7 Å². The molecule has 0 saturated carbocycles. The predicted molar refractivity (Wildman–Crippen MR) is 118 cm³/mol. The van der Waals surface area contributed by atoms with Crippen LogP contribution in [0, 0.1) is 0 Å². The van der Waals surface area contributed by atoms with Gasteiger partial charge in [-0.15, -0.1) is 0 Å². The van der Waals surface area contributed by atoms with Gasteiger partial charge in [0.2, 0.25) is 0 Å². The van der Waals surface area contributed by atoms with Gasteiger partial charge in [-0.25, -0.2) is 9.78 Å². The zero-order valence-corrected chi connectivity index (χ0v) is 19.6. The number of aromatic nitrogens is 1. The van der Waals surface area contributed by atoms with Crippen LogP contribution in [0.4, 0.5) is 23.7 Å². The fraction of sp³-hybridized carbons (Fsp3) is 0.478. The van der Waals surface area contributed by atoms with E-state index in [0.29, 0.717) is 24.6 Å². The molecule has 186 valence electrons. The van der Waals surface area contributed by atoms with Crippen LogP contribution in [-0.2, 0) is 15.7 Å². The van der Waals surface area contributed by atoms with Crippen molar-refractivity contribution in [1.29, 1.82) is 0 Å². The van der Waals surface area contributed by atoms with E-state index in [1.54, 1.807) is 46.1 Å². The molecule has 1 aliphatic heterocycles. The van der Waals surface area contributed by atoms with Gasteiger partial charge in [0.05, 0.1) is 25.5 Å². The van der Waals surface area contributed by atoms with Crippen LogP contribution < -0.4 is 19.7 Å². The molecule has 2 atom stereocenters. The van der Waals surface area contributed by atoms with Crippen molar-refractivity contribution in [2.75, 3.05) is 32.2 Å². The molecule has 1 fully saturated rings. The number of alkyl carbamates (subject to hydrolysis) is 1. The Labute approximate surface area is 196 Å². The summed E-state index contributed by atoms with van der Waals surface area (Å²) in [6, 6.07) is 6.86. The van der Waals surface area contributed by atoms with Gasteiger partial charge in [0.25, 0.3) is 0 Å².